The van der Waals surface area contributed by atoms with Gasteiger partial charge in [0.25, 0.3) is 5.91 Å². The summed E-state index contributed by atoms with van der Waals surface area (Å²) in [5.41, 5.74) is 0. The lowest BCUT2D eigenvalue weighted by Gasteiger charge is -2.13. The molecule has 1 amide bonds. The Bertz CT molecular complexity index is 347. The molecule has 0 radical (unpaired) electrons. The van der Waals surface area contributed by atoms with Gasteiger partial charge in [-0.3, -0.25) is 4.79 Å². The molecule has 1 heterocycles. The van der Waals surface area contributed by atoms with E-state index in [-0.39, 0.29) is 11.3 Å². The van der Waals surface area contributed by atoms with Crippen molar-refractivity contribution in [2.24, 2.45) is 5.92 Å². The first-order chi connectivity index (χ1) is 7.54. The number of hydrogen-bond donors (Lipinski definition) is 1. The fraction of sp³-hybridized carbons (Fsp3) is 0.583. The van der Waals surface area contributed by atoms with E-state index in [0.717, 1.165) is 12.2 Å². The van der Waals surface area contributed by atoms with Crippen molar-refractivity contribution in [2.45, 2.75) is 32.6 Å². The molecule has 0 spiro atoms. The van der Waals surface area contributed by atoms with Crippen molar-refractivity contribution in [3.8, 4) is 0 Å². The molecule has 90 valence electrons. The van der Waals surface area contributed by atoms with Crippen LogP contribution in [0.5, 0.6) is 0 Å². The highest BCUT2D eigenvalue weighted by molar-refractivity contribution is 6.21. The number of nitrogens with one attached hydrogen (secondary N) is 1. The topological polar surface area (TPSA) is 42.2 Å². The minimum absolute atomic E-state index is 0.0513. The molecule has 0 bridgehead atoms. The quantitative estimate of drug-likeness (QED) is 0.808. The minimum Gasteiger partial charge on any atom is -0.456 e. The molecule has 0 saturated carbocycles. The Labute approximate surface area is 101 Å². The van der Waals surface area contributed by atoms with Crippen LogP contribution in [0, 0.1) is 5.92 Å². The van der Waals surface area contributed by atoms with Crippen molar-refractivity contribution in [3.63, 3.8) is 0 Å². The third kappa shape index (κ3) is 3.56. The summed E-state index contributed by atoms with van der Waals surface area (Å²) in [6.45, 7) is 6.48. The minimum atomic E-state index is -0.203. The summed E-state index contributed by atoms with van der Waals surface area (Å²) in [6, 6.07) is 3.50. The number of rotatable bonds is 5. The number of furan rings is 1. The van der Waals surface area contributed by atoms with Crippen LogP contribution < -0.4 is 5.32 Å². The summed E-state index contributed by atoms with van der Waals surface area (Å²) in [5, 5.41) is 2.70. The fourth-order valence-electron chi connectivity index (χ4n) is 1.20. The highest BCUT2D eigenvalue weighted by atomic mass is 35.5. The van der Waals surface area contributed by atoms with Gasteiger partial charge in [-0.1, -0.05) is 20.8 Å². The van der Waals surface area contributed by atoms with Crippen molar-refractivity contribution in [1.29, 1.82) is 0 Å². The number of carbonyl (C=O) groups excluding carboxylic acids is 1. The molecule has 0 fully saturated rings. The van der Waals surface area contributed by atoms with Crippen LogP contribution >= 0.6 is 11.6 Å². The summed E-state index contributed by atoms with van der Waals surface area (Å²) in [6.07, 6.45) is 0.789. The van der Waals surface area contributed by atoms with E-state index < -0.39 is 0 Å². The van der Waals surface area contributed by atoms with Crippen molar-refractivity contribution in [3.05, 3.63) is 23.7 Å². The van der Waals surface area contributed by atoms with Gasteiger partial charge in [-0.25, -0.2) is 0 Å². The molecule has 0 aliphatic heterocycles. The Hall–Kier alpha value is -0.960. The van der Waals surface area contributed by atoms with Crippen LogP contribution in [0.15, 0.2) is 16.5 Å². The summed E-state index contributed by atoms with van der Waals surface area (Å²) in [4.78, 5) is 11.6. The molecule has 1 N–H and O–H groups in total. The average molecular weight is 244 g/mol. The van der Waals surface area contributed by atoms with Crippen LogP contribution in [0.2, 0.25) is 0 Å². The molecule has 0 saturated heterocycles. The number of hydrogen-bond acceptors (Lipinski definition) is 2. The van der Waals surface area contributed by atoms with Gasteiger partial charge in [0.15, 0.2) is 5.76 Å². The zero-order valence-corrected chi connectivity index (χ0v) is 10.7. The molecular weight excluding hydrogens is 226 g/mol. The van der Waals surface area contributed by atoms with Crippen LogP contribution in [-0.2, 0) is 6.42 Å². The van der Waals surface area contributed by atoms with Crippen molar-refractivity contribution >= 4 is 17.5 Å². The maximum absolute atomic E-state index is 11.6. The molecule has 1 aromatic rings. The van der Waals surface area contributed by atoms with Crippen LogP contribution in [-0.4, -0.2) is 17.8 Å². The van der Waals surface area contributed by atoms with Gasteiger partial charge in [-0.15, -0.1) is 11.6 Å². The van der Waals surface area contributed by atoms with Crippen LogP contribution in [0.3, 0.4) is 0 Å². The zero-order chi connectivity index (χ0) is 12.1. The maximum Gasteiger partial charge on any atom is 0.287 e. The third-order valence-electron chi connectivity index (χ3n) is 2.41. The lowest BCUT2D eigenvalue weighted by atomic mass is 10.1. The Morgan fingerprint density at radius 2 is 2.19 bits per heavy atom. The van der Waals surface area contributed by atoms with E-state index >= 15 is 0 Å². The lowest BCUT2D eigenvalue weighted by molar-refractivity contribution is 0.0923. The van der Waals surface area contributed by atoms with Gasteiger partial charge in [0.1, 0.15) is 5.76 Å². The Morgan fingerprint density at radius 3 is 2.69 bits per heavy atom. The van der Waals surface area contributed by atoms with Gasteiger partial charge in [-0.2, -0.15) is 0 Å². The summed E-state index contributed by atoms with van der Waals surface area (Å²) in [7, 11) is 0. The number of amides is 1. The van der Waals surface area contributed by atoms with Gasteiger partial charge >= 0.3 is 0 Å². The summed E-state index contributed by atoms with van der Waals surface area (Å²) in [5.74, 6) is 1.30. The highest BCUT2D eigenvalue weighted by Gasteiger charge is 2.14. The molecule has 4 heteroatoms. The number of halogens is 1. The second kappa shape index (κ2) is 5.94. The van der Waals surface area contributed by atoms with E-state index in [1.165, 1.54) is 0 Å². The van der Waals surface area contributed by atoms with Gasteiger partial charge in [0.05, 0.1) is 5.38 Å². The normalized spacial score (nSPS) is 12.8. The molecule has 1 atom stereocenters. The second-order valence-electron chi connectivity index (χ2n) is 4.09. The number of carbonyl (C=O) groups is 1. The number of alkyl halides is 1. The highest BCUT2D eigenvalue weighted by Crippen LogP contribution is 2.10. The van der Waals surface area contributed by atoms with E-state index in [1.807, 2.05) is 26.8 Å². The number of aryl methyl sites for hydroxylation is 1. The molecule has 3 nitrogen and oxygen atoms in total. The van der Waals surface area contributed by atoms with E-state index in [9.17, 15) is 4.79 Å². The van der Waals surface area contributed by atoms with E-state index in [1.54, 1.807) is 6.07 Å². The van der Waals surface area contributed by atoms with Crippen LogP contribution in [0.1, 0.15) is 37.1 Å². The second-order valence-corrected chi connectivity index (χ2v) is 4.65. The van der Waals surface area contributed by atoms with Crippen molar-refractivity contribution in [2.75, 3.05) is 6.54 Å². The maximum atomic E-state index is 11.6. The van der Waals surface area contributed by atoms with Gasteiger partial charge in [0, 0.05) is 13.0 Å². The summed E-state index contributed by atoms with van der Waals surface area (Å²) >= 11 is 6.03. The fourth-order valence-corrected chi connectivity index (χ4v) is 1.28. The average Bonchev–Trinajstić information content (AvgIpc) is 2.73. The molecule has 1 aromatic heterocycles. The van der Waals surface area contributed by atoms with Gasteiger partial charge in [0.2, 0.25) is 0 Å². The standard InChI is InChI=1S/C12H18ClNO2/c1-4-9-5-6-11(16-9)12(15)14-7-10(13)8(2)3/h5-6,8,10H,4,7H2,1-3H3,(H,14,15). The van der Waals surface area contributed by atoms with Gasteiger partial charge < -0.3 is 9.73 Å². The lowest BCUT2D eigenvalue weighted by Crippen LogP contribution is -2.31. The molecule has 0 aliphatic rings. The molecule has 1 rings (SSSR count). The SMILES string of the molecule is CCc1ccc(C(=O)NCC(Cl)C(C)C)o1. The molecule has 16 heavy (non-hydrogen) atoms. The molecule has 0 aromatic carbocycles. The van der Waals surface area contributed by atoms with Crippen molar-refractivity contribution < 1.29 is 9.21 Å². The van der Waals surface area contributed by atoms with Gasteiger partial charge in [-0.05, 0) is 18.1 Å². The first kappa shape index (κ1) is 13.1. The first-order valence-corrected chi connectivity index (χ1v) is 5.99. The first-order valence-electron chi connectivity index (χ1n) is 5.55. The summed E-state index contributed by atoms with van der Waals surface area (Å²) < 4.78 is 5.33. The monoisotopic (exact) mass is 243 g/mol. The van der Waals surface area contributed by atoms with E-state index in [4.69, 9.17) is 16.0 Å². The largest absolute Gasteiger partial charge is 0.456 e. The Balaban J connectivity index is 2.46. The third-order valence-corrected chi connectivity index (χ3v) is 3.07. The van der Waals surface area contributed by atoms with E-state index in [0.29, 0.717) is 18.2 Å². The molecule has 1 unspecified atom stereocenters. The molecule has 0 aliphatic carbocycles. The molecular formula is C12H18ClNO2. The van der Waals surface area contributed by atoms with Crippen LogP contribution in [0.4, 0.5) is 0 Å². The predicted octanol–water partition coefficient (Wildman–Crippen LogP) is 2.84. The Kier molecular flexibility index (Phi) is 4.87. The smallest absolute Gasteiger partial charge is 0.287 e. The van der Waals surface area contributed by atoms with Crippen LogP contribution in [0.25, 0.3) is 0 Å². The predicted molar refractivity (Wildman–Crippen MR) is 64.9 cm³/mol. The Morgan fingerprint density at radius 1 is 1.50 bits per heavy atom. The zero-order valence-electron chi connectivity index (χ0n) is 9.92. The van der Waals surface area contributed by atoms with Crippen molar-refractivity contribution in [1.82, 2.24) is 5.32 Å². The van der Waals surface area contributed by atoms with E-state index in [2.05, 4.69) is 5.32 Å².